The Morgan fingerprint density at radius 1 is 1.12 bits per heavy atom. The molecule has 0 spiro atoms. The van der Waals surface area contributed by atoms with E-state index in [1.807, 2.05) is 37.3 Å². The number of aryl methyl sites for hydroxylation is 1. The van der Waals surface area contributed by atoms with Gasteiger partial charge in [0.2, 0.25) is 5.95 Å². The lowest BCUT2D eigenvalue weighted by Gasteiger charge is -2.34. The molecule has 2 aromatic rings. The average molecular weight is 357 g/mol. The smallest absolute Gasteiger partial charge is 0.225 e. The summed E-state index contributed by atoms with van der Waals surface area (Å²) in [6.07, 6.45) is 3.65. The number of rotatable bonds is 7. The highest BCUT2D eigenvalue weighted by Crippen LogP contribution is 2.26. The molecule has 1 saturated heterocycles. The highest BCUT2D eigenvalue weighted by molar-refractivity contribution is 5.36. The van der Waals surface area contributed by atoms with Crippen LogP contribution in [0.3, 0.4) is 0 Å². The summed E-state index contributed by atoms with van der Waals surface area (Å²) < 4.78 is 16.6. The van der Waals surface area contributed by atoms with Crippen molar-refractivity contribution in [2.24, 2.45) is 5.92 Å². The largest absolute Gasteiger partial charge is 0.485 e. The lowest BCUT2D eigenvalue weighted by atomic mass is 9.96. The summed E-state index contributed by atoms with van der Waals surface area (Å²) in [5.74, 6) is 1.90. The zero-order valence-corrected chi connectivity index (χ0v) is 15.7. The van der Waals surface area contributed by atoms with Crippen molar-refractivity contribution in [2.45, 2.75) is 32.7 Å². The van der Waals surface area contributed by atoms with Gasteiger partial charge in [-0.2, -0.15) is 0 Å². The molecule has 140 valence electrons. The van der Waals surface area contributed by atoms with Gasteiger partial charge in [0, 0.05) is 33.2 Å². The second-order valence-electron chi connectivity index (χ2n) is 6.56. The van der Waals surface area contributed by atoms with Crippen molar-refractivity contribution in [1.82, 2.24) is 9.97 Å². The Labute approximate surface area is 155 Å². The van der Waals surface area contributed by atoms with Crippen LogP contribution in [0.2, 0.25) is 0 Å². The van der Waals surface area contributed by atoms with Gasteiger partial charge in [-0.15, -0.1) is 0 Å². The van der Waals surface area contributed by atoms with Crippen LogP contribution in [0.25, 0.3) is 0 Å². The Hall–Kier alpha value is -2.18. The zero-order chi connectivity index (χ0) is 18.4. The van der Waals surface area contributed by atoms with E-state index in [0.29, 0.717) is 12.5 Å². The van der Waals surface area contributed by atoms with Crippen LogP contribution in [0, 0.1) is 12.8 Å². The molecule has 1 aromatic carbocycles. The minimum Gasteiger partial charge on any atom is -0.485 e. The van der Waals surface area contributed by atoms with Crippen molar-refractivity contribution < 1.29 is 14.2 Å². The Bertz CT molecular complexity index is 684. The van der Waals surface area contributed by atoms with E-state index >= 15 is 0 Å². The number of methoxy groups -OCH3 is 2. The molecule has 0 radical (unpaired) electrons. The number of ether oxygens (including phenoxy) is 3. The van der Waals surface area contributed by atoms with Crippen LogP contribution < -0.4 is 9.64 Å². The molecule has 0 aliphatic carbocycles. The van der Waals surface area contributed by atoms with Gasteiger partial charge in [0.05, 0.1) is 11.9 Å². The Kier molecular flexibility index (Phi) is 6.41. The molecule has 0 amide bonds. The molecule has 6 nitrogen and oxygen atoms in total. The molecule has 0 unspecified atom stereocenters. The molecule has 0 N–H and O–H groups in total. The Morgan fingerprint density at radius 2 is 1.81 bits per heavy atom. The van der Waals surface area contributed by atoms with Crippen LogP contribution in [0.15, 0.2) is 36.5 Å². The maximum absolute atomic E-state index is 5.87. The van der Waals surface area contributed by atoms with Crippen molar-refractivity contribution in [3.63, 3.8) is 0 Å². The summed E-state index contributed by atoms with van der Waals surface area (Å²) in [4.78, 5) is 11.4. The number of anilines is 1. The third kappa shape index (κ3) is 4.51. The maximum atomic E-state index is 5.87. The van der Waals surface area contributed by atoms with Crippen LogP contribution in [-0.4, -0.2) is 43.6 Å². The normalized spacial score (nSPS) is 15.5. The molecule has 1 aliphatic rings. The molecular weight excluding hydrogens is 330 g/mol. The van der Waals surface area contributed by atoms with Gasteiger partial charge in [0.1, 0.15) is 6.61 Å². The first-order valence-electron chi connectivity index (χ1n) is 9.02. The fourth-order valence-corrected chi connectivity index (χ4v) is 3.33. The van der Waals surface area contributed by atoms with Crippen LogP contribution in [-0.2, 0) is 16.1 Å². The molecule has 0 bridgehead atoms. The van der Waals surface area contributed by atoms with E-state index in [1.54, 1.807) is 20.4 Å². The van der Waals surface area contributed by atoms with Crippen molar-refractivity contribution in [1.29, 1.82) is 0 Å². The minimum atomic E-state index is -0.131. The first kappa shape index (κ1) is 18.6. The summed E-state index contributed by atoms with van der Waals surface area (Å²) in [5, 5.41) is 0. The third-order valence-electron chi connectivity index (χ3n) is 4.83. The molecule has 1 aromatic heterocycles. The molecule has 0 saturated carbocycles. The van der Waals surface area contributed by atoms with Gasteiger partial charge in [-0.25, -0.2) is 9.97 Å². The number of benzene rings is 1. The predicted octanol–water partition coefficient (Wildman–Crippen LogP) is 3.20. The van der Waals surface area contributed by atoms with E-state index in [9.17, 15) is 0 Å². The zero-order valence-electron chi connectivity index (χ0n) is 15.7. The lowest BCUT2D eigenvalue weighted by molar-refractivity contribution is -0.141. The number of hydrogen-bond acceptors (Lipinski definition) is 6. The highest BCUT2D eigenvalue weighted by Gasteiger charge is 2.27. The molecular formula is C20H27N3O3. The van der Waals surface area contributed by atoms with E-state index in [-0.39, 0.29) is 6.29 Å². The van der Waals surface area contributed by atoms with Crippen molar-refractivity contribution in [3.05, 3.63) is 47.8 Å². The Morgan fingerprint density at radius 3 is 2.42 bits per heavy atom. The van der Waals surface area contributed by atoms with E-state index < -0.39 is 0 Å². The third-order valence-corrected chi connectivity index (χ3v) is 4.83. The van der Waals surface area contributed by atoms with Crippen LogP contribution in [0.4, 0.5) is 5.95 Å². The minimum absolute atomic E-state index is 0.131. The van der Waals surface area contributed by atoms with E-state index in [1.165, 1.54) is 0 Å². The SMILES string of the molecule is COC(OC)C1CCN(c2ncc(OCc3ccccc3)c(C)n2)CC1. The van der Waals surface area contributed by atoms with Gasteiger partial charge < -0.3 is 19.1 Å². The first-order valence-corrected chi connectivity index (χ1v) is 9.02. The summed E-state index contributed by atoms with van der Waals surface area (Å²) >= 11 is 0. The van der Waals surface area contributed by atoms with E-state index in [0.717, 1.165) is 48.9 Å². The summed E-state index contributed by atoms with van der Waals surface area (Å²) in [5.41, 5.74) is 1.99. The maximum Gasteiger partial charge on any atom is 0.225 e. The van der Waals surface area contributed by atoms with Crippen LogP contribution in [0.5, 0.6) is 5.75 Å². The number of aromatic nitrogens is 2. The molecule has 0 atom stereocenters. The molecule has 2 heterocycles. The van der Waals surface area contributed by atoms with Crippen molar-refractivity contribution in [2.75, 3.05) is 32.2 Å². The lowest BCUT2D eigenvalue weighted by Crippen LogP contribution is -2.39. The Balaban J connectivity index is 1.58. The van der Waals surface area contributed by atoms with Gasteiger partial charge in [-0.3, -0.25) is 0 Å². The summed E-state index contributed by atoms with van der Waals surface area (Å²) in [7, 11) is 3.39. The monoisotopic (exact) mass is 357 g/mol. The molecule has 1 fully saturated rings. The van der Waals surface area contributed by atoms with Crippen LogP contribution >= 0.6 is 0 Å². The fraction of sp³-hybridized carbons (Fsp3) is 0.500. The van der Waals surface area contributed by atoms with E-state index in [2.05, 4.69) is 14.9 Å². The van der Waals surface area contributed by atoms with Crippen molar-refractivity contribution >= 4 is 5.95 Å². The van der Waals surface area contributed by atoms with E-state index in [4.69, 9.17) is 14.2 Å². The molecule has 1 aliphatic heterocycles. The average Bonchev–Trinajstić information content (AvgIpc) is 2.69. The van der Waals surface area contributed by atoms with Gasteiger partial charge in [-0.1, -0.05) is 30.3 Å². The molecule has 6 heteroatoms. The summed E-state index contributed by atoms with van der Waals surface area (Å²) in [6.45, 7) is 4.28. The second-order valence-corrected chi connectivity index (χ2v) is 6.56. The van der Waals surface area contributed by atoms with Gasteiger partial charge in [-0.05, 0) is 25.3 Å². The number of piperidine rings is 1. The standard InChI is InChI=1S/C20H27N3O3/c1-15-18(26-14-16-7-5-4-6-8-16)13-21-20(22-15)23-11-9-17(10-12-23)19(24-2)25-3/h4-8,13,17,19H,9-12,14H2,1-3H3. The van der Waals surface area contributed by atoms with Crippen molar-refractivity contribution in [3.8, 4) is 5.75 Å². The first-order chi connectivity index (χ1) is 12.7. The topological polar surface area (TPSA) is 56.7 Å². The second kappa shape index (κ2) is 8.96. The fourth-order valence-electron chi connectivity index (χ4n) is 3.33. The molecule has 26 heavy (non-hydrogen) atoms. The number of nitrogens with zero attached hydrogens (tertiary/aromatic N) is 3. The quantitative estimate of drug-likeness (QED) is 0.709. The highest BCUT2D eigenvalue weighted by atomic mass is 16.7. The van der Waals surface area contributed by atoms with Gasteiger partial charge in [0.25, 0.3) is 0 Å². The van der Waals surface area contributed by atoms with Gasteiger partial charge in [0.15, 0.2) is 12.0 Å². The predicted molar refractivity (Wildman–Crippen MR) is 100 cm³/mol. The van der Waals surface area contributed by atoms with Gasteiger partial charge >= 0.3 is 0 Å². The molecule has 3 rings (SSSR count). The summed E-state index contributed by atoms with van der Waals surface area (Å²) in [6, 6.07) is 10.1. The number of hydrogen-bond donors (Lipinski definition) is 0. The van der Waals surface area contributed by atoms with Crippen LogP contribution in [0.1, 0.15) is 24.1 Å².